The fraction of sp³-hybridized carbons (Fsp3) is 1.00. The van der Waals surface area contributed by atoms with Crippen molar-refractivity contribution in [2.45, 2.75) is 25.5 Å². The van der Waals surface area contributed by atoms with E-state index in [4.69, 9.17) is 10.6 Å². The third-order valence-corrected chi connectivity index (χ3v) is 2.07. The smallest absolute Gasteiger partial charge is 0.130 e. The fourth-order valence-corrected chi connectivity index (χ4v) is 0.978. The lowest BCUT2D eigenvalue weighted by atomic mass is 10.1. The third kappa shape index (κ3) is 1.23. The van der Waals surface area contributed by atoms with Crippen molar-refractivity contribution >= 4 is 0 Å². The number of hydrogen-bond acceptors (Lipinski definition) is 3. The van der Waals surface area contributed by atoms with Crippen molar-refractivity contribution in [3.63, 3.8) is 0 Å². The first-order valence-electron chi connectivity index (χ1n) is 3.26. The van der Waals surface area contributed by atoms with E-state index in [2.05, 4.69) is 5.43 Å². The summed E-state index contributed by atoms with van der Waals surface area (Å²) in [5.74, 6) is 5.90. The minimum absolute atomic E-state index is 0.278. The molecule has 3 nitrogen and oxygen atoms in total. The molecule has 1 fully saturated rings. The average Bonchev–Trinajstić information content (AvgIpc) is 2.68. The van der Waals surface area contributed by atoms with Crippen LogP contribution in [0, 0.1) is 5.92 Å². The summed E-state index contributed by atoms with van der Waals surface area (Å²) in [6.45, 7) is 1.98. The Morgan fingerprint density at radius 2 is 2.22 bits per heavy atom. The molecule has 0 aromatic carbocycles. The van der Waals surface area contributed by atoms with Gasteiger partial charge in [0.25, 0.3) is 0 Å². The van der Waals surface area contributed by atoms with Crippen molar-refractivity contribution < 1.29 is 4.74 Å². The Morgan fingerprint density at radius 3 is 2.33 bits per heavy atom. The summed E-state index contributed by atoms with van der Waals surface area (Å²) in [5.41, 5.74) is 2.39. The van der Waals surface area contributed by atoms with E-state index in [1.807, 2.05) is 6.92 Å². The van der Waals surface area contributed by atoms with Crippen LogP contribution < -0.4 is 11.3 Å². The normalized spacial score (nSPS) is 25.7. The molecule has 1 saturated carbocycles. The van der Waals surface area contributed by atoms with Crippen LogP contribution in [0.25, 0.3) is 0 Å². The second kappa shape index (κ2) is 2.25. The number of methoxy groups -OCH3 is 1. The molecule has 0 spiro atoms. The Labute approximate surface area is 55.5 Å². The van der Waals surface area contributed by atoms with Crippen LogP contribution in [-0.2, 0) is 4.74 Å². The molecule has 3 N–H and O–H groups in total. The van der Waals surface area contributed by atoms with Crippen molar-refractivity contribution in [2.24, 2.45) is 11.8 Å². The van der Waals surface area contributed by atoms with Crippen molar-refractivity contribution in [3.05, 3.63) is 0 Å². The summed E-state index contributed by atoms with van der Waals surface area (Å²) in [6.07, 6.45) is 2.46. The number of hydrazine groups is 1. The Kier molecular flexibility index (Phi) is 1.75. The molecule has 0 bridgehead atoms. The molecular weight excluding hydrogens is 116 g/mol. The van der Waals surface area contributed by atoms with Crippen molar-refractivity contribution in [2.75, 3.05) is 7.11 Å². The van der Waals surface area contributed by atoms with Gasteiger partial charge in [0.15, 0.2) is 0 Å². The van der Waals surface area contributed by atoms with Gasteiger partial charge in [-0.2, -0.15) is 0 Å². The Hall–Kier alpha value is -0.120. The van der Waals surface area contributed by atoms with Crippen LogP contribution in [0.1, 0.15) is 19.8 Å². The summed E-state index contributed by atoms with van der Waals surface area (Å²) < 4.78 is 5.17. The van der Waals surface area contributed by atoms with Crippen LogP contribution in [0.4, 0.5) is 0 Å². The summed E-state index contributed by atoms with van der Waals surface area (Å²) >= 11 is 0. The SMILES string of the molecule is COC(C)(NN)C1CC1. The van der Waals surface area contributed by atoms with Gasteiger partial charge in [0.05, 0.1) is 0 Å². The van der Waals surface area contributed by atoms with E-state index in [9.17, 15) is 0 Å². The molecule has 3 heteroatoms. The van der Waals surface area contributed by atoms with Gasteiger partial charge in [0.1, 0.15) is 5.72 Å². The highest BCUT2D eigenvalue weighted by atomic mass is 16.5. The highest BCUT2D eigenvalue weighted by Crippen LogP contribution is 2.39. The number of ether oxygens (including phenoxy) is 1. The van der Waals surface area contributed by atoms with Crippen LogP contribution in [0.15, 0.2) is 0 Å². The molecule has 0 saturated heterocycles. The maximum Gasteiger partial charge on any atom is 0.130 e. The predicted octanol–water partition coefficient (Wildman–Crippen LogP) is 0.222. The number of nitrogens with one attached hydrogen (secondary N) is 1. The molecule has 0 aromatic heterocycles. The van der Waals surface area contributed by atoms with Gasteiger partial charge in [0, 0.05) is 13.0 Å². The lowest BCUT2D eigenvalue weighted by Gasteiger charge is -2.26. The lowest BCUT2D eigenvalue weighted by Crippen LogP contribution is -2.50. The molecule has 1 aliphatic carbocycles. The molecule has 0 radical (unpaired) electrons. The van der Waals surface area contributed by atoms with Crippen molar-refractivity contribution in [3.8, 4) is 0 Å². The summed E-state index contributed by atoms with van der Waals surface area (Å²) in [6, 6.07) is 0. The molecular formula is C6H14N2O. The highest BCUT2D eigenvalue weighted by Gasteiger charge is 2.40. The largest absolute Gasteiger partial charge is 0.363 e. The first kappa shape index (κ1) is 6.99. The van der Waals surface area contributed by atoms with Crippen LogP contribution >= 0.6 is 0 Å². The molecule has 0 amide bonds. The summed E-state index contributed by atoms with van der Waals surface area (Å²) in [4.78, 5) is 0. The topological polar surface area (TPSA) is 47.3 Å². The number of rotatable bonds is 3. The first-order chi connectivity index (χ1) is 4.23. The molecule has 1 unspecified atom stereocenters. The Bertz CT molecular complexity index is 97.2. The predicted molar refractivity (Wildman–Crippen MR) is 35.5 cm³/mol. The first-order valence-corrected chi connectivity index (χ1v) is 3.26. The minimum Gasteiger partial charge on any atom is -0.363 e. The van der Waals surface area contributed by atoms with Gasteiger partial charge in [-0.1, -0.05) is 0 Å². The fourth-order valence-electron chi connectivity index (χ4n) is 0.978. The van der Waals surface area contributed by atoms with E-state index >= 15 is 0 Å². The van der Waals surface area contributed by atoms with Gasteiger partial charge in [0.2, 0.25) is 0 Å². The second-order valence-electron chi connectivity index (χ2n) is 2.73. The van der Waals surface area contributed by atoms with Crippen LogP contribution in [0.3, 0.4) is 0 Å². The Morgan fingerprint density at radius 1 is 1.67 bits per heavy atom. The summed E-state index contributed by atoms with van der Waals surface area (Å²) in [5, 5.41) is 0. The quantitative estimate of drug-likeness (QED) is 0.326. The Balaban J connectivity index is 2.43. The number of nitrogens with two attached hydrogens (primary N) is 1. The maximum atomic E-state index is 5.28. The molecule has 0 aromatic rings. The molecule has 1 rings (SSSR count). The van der Waals surface area contributed by atoms with Crippen molar-refractivity contribution in [1.29, 1.82) is 0 Å². The minimum atomic E-state index is -0.278. The molecule has 1 atom stereocenters. The molecule has 9 heavy (non-hydrogen) atoms. The van der Waals surface area contributed by atoms with E-state index in [1.54, 1.807) is 7.11 Å². The highest BCUT2D eigenvalue weighted by molar-refractivity contribution is 4.89. The van der Waals surface area contributed by atoms with Crippen LogP contribution in [-0.4, -0.2) is 12.8 Å². The maximum absolute atomic E-state index is 5.28. The van der Waals surface area contributed by atoms with Crippen LogP contribution in [0.5, 0.6) is 0 Å². The van der Waals surface area contributed by atoms with Crippen LogP contribution in [0.2, 0.25) is 0 Å². The second-order valence-corrected chi connectivity index (χ2v) is 2.73. The standard InChI is InChI=1S/C6H14N2O/c1-6(8-7,9-2)5-3-4-5/h5,8H,3-4,7H2,1-2H3. The molecule has 0 heterocycles. The number of hydrogen-bond donors (Lipinski definition) is 2. The van der Waals surface area contributed by atoms with Gasteiger partial charge in [-0.25, -0.2) is 5.43 Å². The molecule has 54 valence electrons. The monoisotopic (exact) mass is 130 g/mol. The van der Waals surface area contributed by atoms with Gasteiger partial charge in [-0.3, -0.25) is 5.84 Å². The van der Waals surface area contributed by atoms with E-state index in [1.165, 1.54) is 12.8 Å². The summed E-state index contributed by atoms with van der Waals surface area (Å²) in [7, 11) is 1.68. The van der Waals surface area contributed by atoms with Gasteiger partial charge in [-0.15, -0.1) is 0 Å². The molecule has 0 aliphatic heterocycles. The van der Waals surface area contributed by atoms with Gasteiger partial charge >= 0.3 is 0 Å². The zero-order valence-electron chi connectivity index (χ0n) is 5.98. The zero-order chi connectivity index (χ0) is 6.91. The average molecular weight is 130 g/mol. The third-order valence-electron chi connectivity index (χ3n) is 2.07. The van der Waals surface area contributed by atoms with E-state index in [0.717, 1.165) is 0 Å². The molecule has 1 aliphatic rings. The van der Waals surface area contributed by atoms with E-state index < -0.39 is 0 Å². The lowest BCUT2D eigenvalue weighted by molar-refractivity contribution is -0.0422. The van der Waals surface area contributed by atoms with E-state index in [-0.39, 0.29) is 5.72 Å². The van der Waals surface area contributed by atoms with Gasteiger partial charge < -0.3 is 4.74 Å². The zero-order valence-corrected chi connectivity index (χ0v) is 5.98. The van der Waals surface area contributed by atoms with Gasteiger partial charge in [-0.05, 0) is 19.8 Å². The van der Waals surface area contributed by atoms with E-state index in [0.29, 0.717) is 5.92 Å². The van der Waals surface area contributed by atoms with Crippen molar-refractivity contribution in [1.82, 2.24) is 5.43 Å².